The summed E-state index contributed by atoms with van der Waals surface area (Å²) in [5, 5.41) is 9.71. The Hall–Kier alpha value is -1.21. The Kier molecular flexibility index (Phi) is 4.13. The van der Waals surface area contributed by atoms with Crippen LogP contribution in [0.3, 0.4) is 0 Å². The van der Waals surface area contributed by atoms with Crippen LogP contribution < -0.4 is 0 Å². The van der Waals surface area contributed by atoms with Crippen molar-refractivity contribution in [3.63, 3.8) is 0 Å². The van der Waals surface area contributed by atoms with Crippen LogP contribution in [0.15, 0.2) is 46.2 Å². The van der Waals surface area contributed by atoms with Crippen LogP contribution >= 0.6 is 35.0 Å². The molecule has 1 nitrogen and oxygen atoms in total. The number of benzene rings is 2. The minimum atomic E-state index is -0.449. The van der Waals surface area contributed by atoms with Gasteiger partial charge in [0.2, 0.25) is 0 Å². The number of hydrogen-bond donors (Lipinski definition) is 0. The van der Waals surface area contributed by atoms with E-state index in [1.807, 2.05) is 6.07 Å². The number of rotatable bonds is 2. The third-order valence-electron chi connectivity index (χ3n) is 2.17. The Morgan fingerprint density at radius 3 is 2.50 bits per heavy atom. The highest BCUT2D eigenvalue weighted by molar-refractivity contribution is 7.99. The van der Waals surface area contributed by atoms with Gasteiger partial charge in [-0.2, -0.15) is 5.26 Å². The smallest absolute Gasteiger partial charge is 0.138 e. The van der Waals surface area contributed by atoms with E-state index in [4.69, 9.17) is 28.5 Å². The fraction of sp³-hybridized carbons (Fsp3) is 0. The summed E-state index contributed by atoms with van der Waals surface area (Å²) in [6, 6.07) is 11.2. The maximum absolute atomic E-state index is 13.7. The van der Waals surface area contributed by atoms with Gasteiger partial charge in [-0.25, -0.2) is 4.39 Å². The van der Waals surface area contributed by atoms with E-state index >= 15 is 0 Å². The zero-order valence-corrected chi connectivity index (χ0v) is 11.3. The van der Waals surface area contributed by atoms with Crippen molar-refractivity contribution in [2.45, 2.75) is 9.79 Å². The molecule has 0 N–H and O–H groups in total. The first-order valence-electron chi connectivity index (χ1n) is 4.92. The van der Waals surface area contributed by atoms with E-state index in [9.17, 15) is 4.39 Å². The van der Waals surface area contributed by atoms with Crippen molar-refractivity contribution in [3.8, 4) is 6.07 Å². The minimum absolute atomic E-state index is 0.286. The summed E-state index contributed by atoms with van der Waals surface area (Å²) in [5.74, 6) is -0.449. The van der Waals surface area contributed by atoms with Gasteiger partial charge in [0, 0.05) is 14.8 Å². The van der Waals surface area contributed by atoms with Crippen molar-refractivity contribution in [2.24, 2.45) is 0 Å². The van der Waals surface area contributed by atoms with Crippen molar-refractivity contribution in [3.05, 3.63) is 57.8 Å². The quantitative estimate of drug-likeness (QED) is 0.765. The molecule has 0 saturated heterocycles. The van der Waals surface area contributed by atoms with E-state index < -0.39 is 5.82 Å². The molecule has 0 unspecified atom stereocenters. The minimum Gasteiger partial charge on any atom is -0.206 e. The second-order valence-corrected chi connectivity index (χ2v) is 5.36. The van der Waals surface area contributed by atoms with E-state index in [2.05, 4.69) is 0 Å². The summed E-state index contributed by atoms with van der Waals surface area (Å²) >= 11 is 13.0. The third-order valence-corrected chi connectivity index (χ3v) is 3.96. The highest BCUT2D eigenvalue weighted by atomic mass is 35.5. The second kappa shape index (κ2) is 5.62. The van der Waals surface area contributed by atoms with Gasteiger partial charge < -0.3 is 0 Å². The summed E-state index contributed by atoms with van der Waals surface area (Å²) in [7, 11) is 0. The Labute approximate surface area is 118 Å². The molecule has 2 rings (SSSR count). The first kappa shape index (κ1) is 13.2. The fourth-order valence-electron chi connectivity index (χ4n) is 1.33. The van der Waals surface area contributed by atoms with Crippen LogP contribution in [0.4, 0.5) is 4.39 Å². The predicted octanol–water partition coefficient (Wildman–Crippen LogP) is 5.16. The van der Waals surface area contributed by atoms with Crippen molar-refractivity contribution >= 4 is 35.0 Å². The van der Waals surface area contributed by atoms with Gasteiger partial charge in [-0.15, -0.1) is 0 Å². The molecule has 0 saturated carbocycles. The normalized spacial score (nSPS) is 10.1. The average Bonchev–Trinajstić information content (AvgIpc) is 2.36. The predicted molar refractivity (Wildman–Crippen MR) is 71.7 cm³/mol. The van der Waals surface area contributed by atoms with E-state index in [0.29, 0.717) is 19.8 Å². The molecule has 0 aliphatic carbocycles. The van der Waals surface area contributed by atoms with Crippen LogP contribution in [-0.4, -0.2) is 0 Å². The molecule has 0 bridgehead atoms. The van der Waals surface area contributed by atoms with E-state index in [0.717, 1.165) is 0 Å². The van der Waals surface area contributed by atoms with Crippen LogP contribution in [0, 0.1) is 17.1 Å². The molecule has 2 aromatic rings. The molecule has 2 aromatic carbocycles. The highest BCUT2D eigenvalue weighted by Crippen LogP contribution is 2.36. The lowest BCUT2D eigenvalue weighted by atomic mass is 10.2. The molecule has 0 amide bonds. The summed E-state index contributed by atoms with van der Waals surface area (Å²) in [4.78, 5) is 1.07. The average molecular weight is 298 g/mol. The van der Waals surface area contributed by atoms with Crippen LogP contribution in [0.2, 0.25) is 10.0 Å². The number of hydrogen-bond acceptors (Lipinski definition) is 2. The monoisotopic (exact) mass is 297 g/mol. The zero-order chi connectivity index (χ0) is 13.1. The van der Waals surface area contributed by atoms with Gasteiger partial charge in [-0.05, 0) is 36.4 Å². The van der Waals surface area contributed by atoms with Crippen LogP contribution in [0.5, 0.6) is 0 Å². The Morgan fingerprint density at radius 1 is 1.06 bits per heavy atom. The molecule has 0 heterocycles. The number of halogens is 3. The maximum atomic E-state index is 13.7. The van der Waals surface area contributed by atoms with Crippen molar-refractivity contribution in [2.75, 3.05) is 0 Å². The third kappa shape index (κ3) is 2.97. The molecule has 18 heavy (non-hydrogen) atoms. The first-order valence-corrected chi connectivity index (χ1v) is 6.50. The van der Waals surface area contributed by atoms with Gasteiger partial charge in [-0.3, -0.25) is 0 Å². The largest absolute Gasteiger partial charge is 0.206 e. The van der Waals surface area contributed by atoms with Crippen molar-refractivity contribution < 1.29 is 4.39 Å². The van der Waals surface area contributed by atoms with Gasteiger partial charge in [0.15, 0.2) is 0 Å². The Bertz CT molecular complexity index is 637. The van der Waals surface area contributed by atoms with Gasteiger partial charge in [0.05, 0.1) is 16.7 Å². The Balaban J connectivity index is 2.34. The molecule has 0 spiro atoms. The van der Waals surface area contributed by atoms with E-state index in [1.54, 1.807) is 30.3 Å². The maximum Gasteiger partial charge on any atom is 0.138 e. The van der Waals surface area contributed by atoms with Gasteiger partial charge in [-0.1, -0.05) is 35.0 Å². The molecule has 0 atom stereocenters. The molecule has 0 radical (unpaired) electrons. The molecular weight excluding hydrogens is 292 g/mol. The standard InChI is InChI=1S/C13H6Cl2FNS/c14-9-2-3-10(15)13(6-9)18-12-4-1-8(7-17)5-11(12)16/h1-6H. The lowest BCUT2D eigenvalue weighted by molar-refractivity contribution is 0.601. The molecule has 5 heteroatoms. The van der Waals surface area contributed by atoms with Crippen molar-refractivity contribution in [1.29, 1.82) is 5.26 Å². The van der Waals surface area contributed by atoms with Crippen molar-refractivity contribution in [1.82, 2.24) is 0 Å². The molecule has 0 aliphatic heterocycles. The molecular formula is C13H6Cl2FNS. The molecule has 0 aromatic heterocycles. The SMILES string of the molecule is N#Cc1ccc(Sc2cc(Cl)ccc2Cl)c(F)c1. The van der Waals surface area contributed by atoms with Gasteiger partial charge in [0.25, 0.3) is 0 Å². The molecule has 0 fully saturated rings. The van der Waals surface area contributed by atoms with E-state index in [-0.39, 0.29) is 5.56 Å². The lowest BCUT2D eigenvalue weighted by Crippen LogP contribution is -1.84. The van der Waals surface area contributed by atoms with Crippen LogP contribution in [0.25, 0.3) is 0 Å². The van der Waals surface area contributed by atoms with E-state index in [1.165, 1.54) is 17.8 Å². The summed E-state index contributed by atoms with van der Waals surface area (Å²) in [6.07, 6.45) is 0. The molecule has 90 valence electrons. The summed E-state index contributed by atoms with van der Waals surface area (Å²) < 4.78 is 13.7. The van der Waals surface area contributed by atoms with Crippen LogP contribution in [-0.2, 0) is 0 Å². The summed E-state index contributed by atoms with van der Waals surface area (Å²) in [6.45, 7) is 0. The van der Waals surface area contributed by atoms with Gasteiger partial charge in [0.1, 0.15) is 5.82 Å². The summed E-state index contributed by atoms with van der Waals surface area (Å²) in [5.41, 5.74) is 0.286. The number of nitriles is 1. The Morgan fingerprint density at radius 2 is 1.83 bits per heavy atom. The first-order chi connectivity index (χ1) is 8.60. The highest BCUT2D eigenvalue weighted by Gasteiger charge is 2.08. The lowest BCUT2D eigenvalue weighted by Gasteiger charge is -2.06. The fourth-order valence-corrected chi connectivity index (χ4v) is 2.68. The topological polar surface area (TPSA) is 23.8 Å². The molecule has 0 aliphatic rings. The van der Waals surface area contributed by atoms with Gasteiger partial charge >= 0.3 is 0 Å². The van der Waals surface area contributed by atoms with Crippen LogP contribution in [0.1, 0.15) is 5.56 Å². The second-order valence-electron chi connectivity index (χ2n) is 3.43. The zero-order valence-electron chi connectivity index (χ0n) is 8.95. The number of nitrogens with zero attached hydrogens (tertiary/aromatic N) is 1.